The Bertz CT molecular complexity index is 1660. The number of aldehydes is 1. The highest BCUT2D eigenvalue weighted by atomic mass is 16.5. The molecule has 0 saturated heterocycles. The van der Waals surface area contributed by atoms with Gasteiger partial charge in [-0.15, -0.1) is 0 Å². The fourth-order valence-electron chi connectivity index (χ4n) is 6.95. The Balaban J connectivity index is 0.00000208. The SMILES string of the molecule is C1CCCCC1.C\C=C/C=C(\C=C\OCCCCCCC=O)CC(NC(=O)CNC)C(=O)NC(CCC)C(=O)C(=O)NCC(=O)NC(C(OC(C)(C)C)=C1CCC1)c1ccccc1. The fraction of sp³-hybridized carbons (Fsp3) is 0.600. The second kappa shape index (κ2) is 31.7. The summed E-state index contributed by atoms with van der Waals surface area (Å²) < 4.78 is 12.1. The summed E-state index contributed by atoms with van der Waals surface area (Å²) in [6.45, 7) is 9.47. The van der Waals surface area contributed by atoms with Crippen molar-refractivity contribution in [1.82, 2.24) is 26.6 Å². The number of benzene rings is 1. The number of allylic oxidation sites excluding steroid dienone is 5. The quantitative estimate of drug-likeness (QED) is 0.0195. The molecule has 3 rings (SSSR count). The molecule has 4 amide bonds. The van der Waals surface area contributed by atoms with Gasteiger partial charge in [-0.2, -0.15) is 0 Å². The van der Waals surface area contributed by atoms with E-state index in [1.165, 1.54) is 38.5 Å². The van der Waals surface area contributed by atoms with Crippen molar-refractivity contribution in [3.63, 3.8) is 0 Å². The fourth-order valence-corrected chi connectivity index (χ4v) is 6.95. The normalized spacial score (nSPS) is 15.5. The van der Waals surface area contributed by atoms with Gasteiger partial charge in [-0.1, -0.05) is 113 Å². The summed E-state index contributed by atoms with van der Waals surface area (Å²) in [5.41, 5.74) is 2.10. The van der Waals surface area contributed by atoms with E-state index in [0.29, 0.717) is 30.8 Å². The minimum Gasteiger partial charge on any atom is -0.501 e. The van der Waals surface area contributed by atoms with Crippen molar-refractivity contribution >= 4 is 35.7 Å². The first-order chi connectivity index (χ1) is 30.3. The molecule has 5 N–H and O–H groups in total. The van der Waals surface area contributed by atoms with E-state index in [4.69, 9.17) is 9.47 Å². The number of unbranched alkanes of at least 4 members (excludes halogenated alkanes) is 4. The average molecular weight is 876 g/mol. The van der Waals surface area contributed by atoms with Crippen LogP contribution in [0.1, 0.15) is 155 Å². The number of likely N-dealkylation sites (N-methyl/N-ethyl adjacent to an activating group) is 1. The van der Waals surface area contributed by atoms with E-state index < -0.39 is 59.7 Å². The van der Waals surface area contributed by atoms with E-state index in [1.807, 2.05) is 71.0 Å². The lowest BCUT2D eigenvalue weighted by Crippen LogP contribution is -2.55. The van der Waals surface area contributed by atoms with Crippen LogP contribution >= 0.6 is 0 Å². The number of hydrogen-bond donors (Lipinski definition) is 5. The molecule has 0 radical (unpaired) electrons. The average Bonchev–Trinajstić information content (AvgIpc) is 3.25. The smallest absolute Gasteiger partial charge is 0.290 e. The highest BCUT2D eigenvalue weighted by Crippen LogP contribution is 2.37. The molecule has 2 saturated carbocycles. The van der Waals surface area contributed by atoms with Crippen LogP contribution in [0.4, 0.5) is 0 Å². The zero-order valence-corrected chi connectivity index (χ0v) is 39.0. The van der Waals surface area contributed by atoms with Crippen molar-refractivity contribution in [2.24, 2.45) is 0 Å². The van der Waals surface area contributed by atoms with E-state index in [-0.39, 0.29) is 19.4 Å². The summed E-state index contributed by atoms with van der Waals surface area (Å²) in [6, 6.07) is 6.56. The molecule has 1 aromatic rings. The Hall–Kier alpha value is -5.04. The van der Waals surface area contributed by atoms with Crippen molar-refractivity contribution in [2.45, 2.75) is 167 Å². The van der Waals surface area contributed by atoms with E-state index >= 15 is 0 Å². The van der Waals surface area contributed by atoms with Gasteiger partial charge in [0.2, 0.25) is 23.5 Å². The lowest BCUT2D eigenvalue weighted by Gasteiger charge is -2.34. The summed E-state index contributed by atoms with van der Waals surface area (Å²) in [7, 11) is 1.61. The van der Waals surface area contributed by atoms with Crippen LogP contribution in [0.3, 0.4) is 0 Å². The molecule has 0 bridgehead atoms. The maximum absolute atomic E-state index is 13.8. The van der Waals surface area contributed by atoms with E-state index in [9.17, 15) is 28.8 Å². The lowest BCUT2D eigenvalue weighted by molar-refractivity contribution is -0.141. The van der Waals surface area contributed by atoms with Crippen LogP contribution in [-0.4, -0.2) is 80.1 Å². The lowest BCUT2D eigenvalue weighted by atomic mass is 9.87. The number of carbonyl (C=O) groups is 6. The van der Waals surface area contributed by atoms with Gasteiger partial charge in [0, 0.05) is 12.8 Å². The van der Waals surface area contributed by atoms with Crippen LogP contribution < -0.4 is 26.6 Å². The van der Waals surface area contributed by atoms with E-state index in [1.54, 1.807) is 31.5 Å². The summed E-state index contributed by atoms with van der Waals surface area (Å²) in [5, 5.41) is 13.6. The third kappa shape index (κ3) is 23.3. The molecule has 0 aromatic heterocycles. The number of rotatable bonds is 27. The van der Waals surface area contributed by atoms with Gasteiger partial charge < -0.3 is 40.9 Å². The summed E-state index contributed by atoms with van der Waals surface area (Å²) >= 11 is 0. The van der Waals surface area contributed by atoms with Crippen molar-refractivity contribution in [2.75, 3.05) is 26.7 Å². The summed E-state index contributed by atoms with van der Waals surface area (Å²) in [6.07, 6.45) is 26.2. The molecule has 3 atom stereocenters. The molecule has 0 spiro atoms. The largest absolute Gasteiger partial charge is 0.501 e. The minimum absolute atomic E-state index is 0.0443. The van der Waals surface area contributed by atoms with Crippen molar-refractivity contribution in [1.29, 1.82) is 0 Å². The predicted molar refractivity (Wildman–Crippen MR) is 249 cm³/mol. The molecule has 2 aliphatic rings. The zero-order chi connectivity index (χ0) is 46.3. The monoisotopic (exact) mass is 876 g/mol. The van der Waals surface area contributed by atoms with Crippen LogP contribution in [0.25, 0.3) is 0 Å². The van der Waals surface area contributed by atoms with Crippen LogP contribution in [0.2, 0.25) is 0 Å². The van der Waals surface area contributed by atoms with Crippen LogP contribution in [0, 0.1) is 0 Å². The topological polar surface area (TPSA) is 181 Å². The number of amides is 4. The maximum atomic E-state index is 13.8. The highest BCUT2D eigenvalue weighted by Gasteiger charge is 2.32. The molecular formula is C50H77N5O8. The Morgan fingerprint density at radius 1 is 0.810 bits per heavy atom. The standard InChI is InChI=1S/C44H65N5O8.C6H12/c1-7-9-20-32(25-28-56-27-17-12-10-11-16-26-50)29-36(47-37(51)30-45-6)42(54)48-35(19-8-2)40(53)43(55)46-31-38(52)49-39(33-21-14-13-15-22-33)41(34-23-18-24-34)57-44(3,4)5;1-2-4-6-5-3-1/h7,9,13-15,20-22,25-26,28,35-36,39,45H,8,10-12,16-19,23-24,27,29-31H2,1-6H3,(H,46,55)(H,47,51)(H,48,54)(H,49,52);1-6H2/b9-7-,28-25+,32-20+;. The first kappa shape index (κ1) is 54.1. The van der Waals surface area contributed by atoms with Crippen molar-refractivity contribution in [3.05, 3.63) is 83.4 Å². The van der Waals surface area contributed by atoms with Gasteiger partial charge in [0.15, 0.2) is 0 Å². The molecule has 13 nitrogen and oxygen atoms in total. The number of ether oxygens (including phenoxy) is 2. The Morgan fingerprint density at radius 3 is 2.03 bits per heavy atom. The third-order valence-corrected chi connectivity index (χ3v) is 10.4. The summed E-state index contributed by atoms with van der Waals surface area (Å²) in [4.78, 5) is 77.0. The van der Waals surface area contributed by atoms with Gasteiger partial charge in [-0.25, -0.2) is 0 Å². The van der Waals surface area contributed by atoms with E-state index in [0.717, 1.165) is 62.4 Å². The Kier molecular flexibility index (Phi) is 27.3. The van der Waals surface area contributed by atoms with Crippen LogP contribution in [0.5, 0.6) is 0 Å². The first-order valence-corrected chi connectivity index (χ1v) is 23.2. The van der Waals surface area contributed by atoms with Crippen LogP contribution in [0.15, 0.2) is 77.8 Å². The number of nitrogens with one attached hydrogen (secondary N) is 5. The molecule has 63 heavy (non-hydrogen) atoms. The third-order valence-electron chi connectivity index (χ3n) is 10.4. The highest BCUT2D eigenvalue weighted by molar-refractivity contribution is 6.38. The predicted octanol–water partition coefficient (Wildman–Crippen LogP) is 7.68. The molecule has 0 heterocycles. The van der Waals surface area contributed by atoms with Crippen molar-refractivity contribution in [3.8, 4) is 0 Å². The second-order valence-electron chi connectivity index (χ2n) is 17.1. The molecule has 0 aliphatic heterocycles. The van der Waals surface area contributed by atoms with Gasteiger partial charge in [0.05, 0.1) is 32.0 Å². The van der Waals surface area contributed by atoms with Crippen molar-refractivity contribution < 1.29 is 38.2 Å². The molecule has 13 heteroatoms. The molecule has 1 aromatic carbocycles. The van der Waals surface area contributed by atoms with Gasteiger partial charge in [0.1, 0.15) is 29.7 Å². The Morgan fingerprint density at radius 2 is 1.46 bits per heavy atom. The number of ketones is 1. The molecular weight excluding hydrogens is 799 g/mol. The number of carbonyl (C=O) groups excluding carboxylic acids is 6. The Labute approximate surface area is 377 Å². The van der Waals surface area contributed by atoms with Gasteiger partial charge in [0.25, 0.3) is 5.91 Å². The number of hydrogen-bond acceptors (Lipinski definition) is 9. The maximum Gasteiger partial charge on any atom is 0.290 e. The molecule has 2 fully saturated rings. The van der Waals surface area contributed by atoms with Gasteiger partial charge >= 0.3 is 0 Å². The second-order valence-corrected chi connectivity index (χ2v) is 17.1. The first-order valence-electron chi connectivity index (χ1n) is 23.2. The molecule has 350 valence electrons. The van der Waals surface area contributed by atoms with E-state index in [2.05, 4.69) is 26.6 Å². The summed E-state index contributed by atoms with van der Waals surface area (Å²) in [5.74, 6) is -2.84. The minimum atomic E-state index is -1.20. The number of Topliss-reactive ketones (excluding diaryl/α,β-unsaturated/α-hetero) is 1. The zero-order valence-electron chi connectivity index (χ0n) is 39.0. The van der Waals surface area contributed by atoms with Crippen LogP contribution in [-0.2, 0) is 38.2 Å². The van der Waals surface area contributed by atoms with Gasteiger partial charge in [-0.3, -0.25) is 24.0 Å². The molecule has 3 unspecified atom stereocenters. The molecule has 2 aliphatic carbocycles. The van der Waals surface area contributed by atoms with Gasteiger partial charge in [-0.05, 0) is 96.1 Å².